The molecule has 1 N–H and O–H groups in total. The second-order valence-corrected chi connectivity index (χ2v) is 6.68. The molecule has 30 heavy (non-hydrogen) atoms. The zero-order valence-electron chi connectivity index (χ0n) is 18.5. The summed E-state index contributed by atoms with van der Waals surface area (Å²) in [6.07, 6.45) is 31.3. The molecule has 166 valence electrons. The minimum absolute atomic E-state index is 0.200. The lowest BCUT2D eigenvalue weighted by Crippen LogP contribution is -2.25. The lowest BCUT2D eigenvalue weighted by atomic mass is 10.2. The Balaban J connectivity index is 3.70. The molecule has 0 radical (unpaired) electrons. The van der Waals surface area contributed by atoms with Crippen molar-refractivity contribution in [2.75, 3.05) is 0 Å². The number of carboxylic acid groups (broad SMARTS) is 1. The van der Waals surface area contributed by atoms with Gasteiger partial charge in [-0.05, 0) is 51.4 Å². The predicted octanol–water partition coefficient (Wildman–Crippen LogP) is 6.87. The molecule has 0 amide bonds. The van der Waals surface area contributed by atoms with Gasteiger partial charge in [-0.15, -0.1) is 0 Å². The van der Waals surface area contributed by atoms with Gasteiger partial charge in [-0.2, -0.15) is 0 Å². The van der Waals surface area contributed by atoms with Crippen molar-refractivity contribution in [3.63, 3.8) is 0 Å². The van der Waals surface area contributed by atoms with E-state index in [4.69, 9.17) is 9.84 Å². The summed E-state index contributed by atoms with van der Waals surface area (Å²) in [6, 6.07) is 0. The van der Waals surface area contributed by atoms with Crippen LogP contribution >= 0.6 is 0 Å². The first-order valence-corrected chi connectivity index (χ1v) is 10.9. The largest absolute Gasteiger partial charge is 0.479 e. The van der Waals surface area contributed by atoms with Crippen LogP contribution < -0.4 is 0 Å². The molecule has 0 aromatic rings. The first-order valence-electron chi connectivity index (χ1n) is 10.9. The van der Waals surface area contributed by atoms with Gasteiger partial charge in [-0.1, -0.05) is 86.8 Å². The van der Waals surface area contributed by atoms with Crippen LogP contribution in [0.25, 0.3) is 0 Å². The summed E-state index contributed by atoms with van der Waals surface area (Å²) in [5, 5.41) is 8.85. The Bertz CT molecular complexity index is 621. The van der Waals surface area contributed by atoms with E-state index in [1.807, 2.05) is 12.2 Å². The number of hydrogen-bond donors (Lipinski definition) is 1. The third kappa shape index (κ3) is 18.7. The summed E-state index contributed by atoms with van der Waals surface area (Å²) in [7, 11) is 0. The second-order valence-electron chi connectivity index (χ2n) is 6.68. The fourth-order valence-electron chi connectivity index (χ4n) is 2.37. The molecule has 0 fully saturated rings. The van der Waals surface area contributed by atoms with Crippen molar-refractivity contribution in [3.05, 3.63) is 72.9 Å². The number of carboxylic acids is 1. The molecule has 0 rings (SSSR count). The van der Waals surface area contributed by atoms with E-state index in [2.05, 4.69) is 67.7 Å². The molecule has 0 saturated heterocycles. The van der Waals surface area contributed by atoms with Crippen LogP contribution in [0, 0.1) is 0 Å². The van der Waals surface area contributed by atoms with Gasteiger partial charge in [0.15, 0.2) is 6.10 Å². The van der Waals surface area contributed by atoms with E-state index in [9.17, 15) is 9.59 Å². The highest BCUT2D eigenvalue weighted by Gasteiger charge is 2.19. The average Bonchev–Trinajstić information content (AvgIpc) is 2.73. The zero-order chi connectivity index (χ0) is 22.3. The van der Waals surface area contributed by atoms with Gasteiger partial charge in [-0.3, -0.25) is 4.79 Å². The molecule has 1 unspecified atom stereocenters. The van der Waals surface area contributed by atoms with Gasteiger partial charge in [0.1, 0.15) is 0 Å². The van der Waals surface area contributed by atoms with Gasteiger partial charge in [0.05, 0.1) is 0 Å². The normalized spacial score (nSPS) is 13.7. The number of aliphatic carboxylic acids is 1. The summed E-state index contributed by atoms with van der Waals surface area (Å²) < 4.78 is 4.89. The van der Waals surface area contributed by atoms with E-state index < -0.39 is 18.0 Å². The van der Waals surface area contributed by atoms with Crippen LogP contribution in [0.15, 0.2) is 72.9 Å². The third-order valence-electron chi connectivity index (χ3n) is 4.03. The Labute approximate surface area is 182 Å². The van der Waals surface area contributed by atoms with Crippen LogP contribution in [0.2, 0.25) is 0 Å². The molecule has 0 aliphatic rings. The maximum absolute atomic E-state index is 11.5. The number of ether oxygens (including phenoxy) is 1. The molecule has 0 aromatic carbocycles. The van der Waals surface area contributed by atoms with E-state index in [0.29, 0.717) is 6.42 Å². The first-order chi connectivity index (χ1) is 14.6. The second kappa shape index (κ2) is 21.1. The lowest BCUT2D eigenvalue weighted by molar-refractivity contribution is -0.164. The zero-order valence-corrected chi connectivity index (χ0v) is 18.5. The Kier molecular flexibility index (Phi) is 19.3. The molecule has 4 heteroatoms. The van der Waals surface area contributed by atoms with Crippen LogP contribution in [0.4, 0.5) is 0 Å². The van der Waals surface area contributed by atoms with Gasteiger partial charge in [0, 0.05) is 6.42 Å². The van der Waals surface area contributed by atoms with Gasteiger partial charge in [0.25, 0.3) is 0 Å². The quantitative estimate of drug-likeness (QED) is 0.208. The van der Waals surface area contributed by atoms with Crippen LogP contribution in [0.3, 0.4) is 0 Å². The third-order valence-corrected chi connectivity index (χ3v) is 4.03. The Morgan fingerprint density at radius 1 is 0.700 bits per heavy atom. The van der Waals surface area contributed by atoms with Crippen molar-refractivity contribution in [1.29, 1.82) is 0 Å². The summed E-state index contributed by atoms with van der Waals surface area (Å²) in [5.41, 5.74) is 0. The Hall–Kier alpha value is -2.62. The van der Waals surface area contributed by atoms with Crippen LogP contribution in [0.1, 0.15) is 71.6 Å². The summed E-state index contributed by atoms with van der Waals surface area (Å²) >= 11 is 0. The number of allylic oxidation sites excluding steroid dienone is 12. The summed E-state index contributed by atoms with van der Waals surface area (Å²) in [4.78, 5) is 22.4. The SMILES string of the molecule is CC/C=C\C/C=C\C/C=C\C/C=C\C/C=C\C/C=C\CCC(=O)OC(CC)C(=O)O. The van der Waals surface area contributed by atoms with E-state index in [0.717, 1.165) is 38.5 Å². The van der Waals surface area contributed by atoms with Crippen molar-refractivity contribution in [1.82, 2.24) is 0 Å². The number of esters is 1. The molecule has 0 bridgehead atoms. The van der Waals surface area contributed by atoms with E-state index in [1.54, 1.807) is 6.92 Å². The van der Waals surface area contributed by atoms with Crippen molar-refractivity contribution >= 4 is 11.9 Å². The highest BCUT2D eigenvalue weighted by Crippen LogP contribution is 2.03. The molecule has 0 saturated carbocycles. The molecule has 0 heterocycles. The molecule has 0 aliphatic carbocycles. The van der Waals surface area contributed by atoms with Crippen molar-refractivity contribution in [2.45, 2.75) is 77.7 Å². The highest BCUT2D eigenvalue weighted by molar-refractivity contribution is 5.77. The average molecular weight is 415 g/mol. The maximum atomic E-state index is 11.5. The van der Waals surface area contributed by atoms with Gasteiger partial charge in [-0.25, -0.2) is 4.79 Å². The van der Waals surface area contributed by atoms with E-state index >= 15 is 0 Å². The summed E-state index contributed by atoms with van der Waals surface area (Å²) in [5.74, 6) is -1.57. The number of rotatable bonds is 17. The van der Waals surface area contributed by atoms with Gasteiger partial charge >= 0.3 is 11.9 Å². The standard InChI is InChI=1S/C26H38O4/c1-3-5-6-7-8-9-10-11-12-13-14-15-16-17-18-19-20-21-22-23-25(27)30-24(4-2)26(28)29/h5-6,8-9,11-12,14-15,17-18,20-21,24H,3-4,7,10,13,16,19,22-23H2,1-2H3,(H,28,29)/b6-5-,9-8-,12-11-,15-14-,18-17-,21-20-. The molecule has 1 atom stereocenters. The van der Waals surface area contributed by atoms with Crippen LogP contribution in [-0.4, -0.2) is 23.1 Å². The Morgan fingerprint density at radius 2 is 1.10 bits per heavy atom. The Morgan fingerprint density at radius 3 is 1.47 bits per heavy atom. The number of carbonyl (C=O) groups is 2. The minimum Gasteiger partial charge on any atom is -0.479 e. The fraction of sp³-hybridized carbons (Fsp3) is 0.462. The van der Waals surface area contributed by atoms with E-state index in [-0.39, 0.29) is 12.8 Å². The molecule has 4 nitrogen and oxygen atoms in total. The molecular weight excluding hydrogens is 376 g/mol. The molecule has 0 aliphatic heterocycles. The first kappa shape index (κ1) is 27.4. The fourth-order valence-corrected chi connectivity index (χ4v) is 2.37. The van der Waals surface area contributed by atoms with Gasteiger partial charge < -0.3 is 9.84 Å². The monoisotopic (exact) mass is 414 g/mol. The highest BCUT2D eigenvalue weighted by atomic mass is 16.6. The lowest BCUT2D eigenvalue weighted by Gasteiger charge is -2.10. The number of carbonyl (C=O) groups excluding carboxylic acids is 1. The predicted molar refractivity (Wildman–Crippen MR) is 125 cm³/mol. The smallest absolute Gasteiger partial charge is 0.345 e. The van der Waals surface area contributed by atoms with Crippen molar-refractivity contribution in [3.8, 4) is 0 Å². The van der Waals surface area contributed by atoms with Crippen LogP contribution in [0.5, 0.6) is 0 Å². The molecule has 0 aromatic heterocycles. The minimum atomic E-state index is -1.10. The van der Waals surface area contributed by atoms with Crippen molar-refractivity contribution < 1.29 is 19.4 Å². The topological polar surface area (TPSA) is 63.6 Å². The number of hydrogen-bond acceptors (Lipinski definition) is 3. The van der Waals surface area contributed by atoms with Crippen molar-refractivity contribution in [2.24, 2.45) is 0 Å². The summed E-state index contributed by atoms with van der Waals surface area (Å²) in [6.45, 7) is 3.82. The molecule has 0 spiro atoms. The molecular formula is C26H38O4. The van der Waals surface area contributed by atoms with Gasteiger partial charge in [0.2, 0.25) is 0 Å². The maximum Gasteiger partial charge on any atom is 0.345 e. The van der Waals surface area contributed by atoms with E-state index in [1.165, 1.54) is 0 Å². The van der Waals surface area contributed by atoms with Crippen LogP contribution in [-0.2, 0) is 14.3 Å².